The van der Waals surface area contributed by atoms with Gasteiger partial charge in [0.25, 0.3) is 0 Å². The minimum atomic E-state index is 0.0181. The number of amides is 1. The number of nitrogens with zero attached hydrogens (tertiary/aromatic N) is 1. The highest BCUT2D eigenvalue weighted by Gasteiger charge is 2.25. The average molecular weight is 421 g/mol. The molecule has 0 unspecified atom stereocenters. The SMILES string of the molecule is CC(C)Oc1ccc(NC(=O)C2CCN(Cc3c(Cl)cccc3Cl)CC2)cc1. The summed E-state index contributed by atoms with van der Waals surface area (Å²) in [5.74, 6) is 0.900. The molecule has 1 amide bonds. The summed E-state index contributed by atoms with van der Waals surface area (Å²) in [6.07, 6.45) is 1.77. The first-order chi connectivity index (χ1) is 13.4. The van der Waals surface area contributed by atoms with Crippen LogP contribution >= 0.6 is 23.2 Å². The topological polar surface area (TPSA) is 41.6 Å². The van der Waals surface area contributed by atoms with Crippen LogP contribution in [0.15, 0.2) is 42.5 Å². The Morgan fingerprint density at radius 1 is 1.11 bits per heavy atom. The Bertz CT molecular complexity index is 780. The number of anilines is 1. The number of hydrogen-bond acceptors (Lipinski definition) is 3. The molecule has 1 heterocycles. The van der Waals surface area contributed by atoms with E-state index in [1.165, 1.54) is 0 Å². The van der Waals surface area contributed by atoms with Gasteiger partial charge < -0.3 is 10.1 Å². The van der Waals surface area contributed by atoms with Gasteiger partial charge in [0.1, 0.15) is 5.75 Å². The van der Waals surface area contributed by atoms with Crippen LogP contribution in [0.1, 0.15) is 32.3 Å². The van der Waals surface area contributed by atoms with Crippen molar-refractivity contribution in [3.05, 3.63) is 58.1 Å². The second kappa shape index (κ2) is 9.64. The molecule has 0 bridgehead atoms. The van der Waals surface area contributed by atoms with Crippen LogP contribution in [0.5, 0.6) is 5.75 Å². The number of carbonyl (C=O) groups excluding carboxylic acids is 1. The monoisotopic (exact) mass is 420 g/mol. The van der Waals surface area contributed by atoms with E-state index < -0.39 is 0 Å². The van der Waals surface area contributed by atoms with E-state index in [2.05, 4.69) is 10.2 Å². The van der Waals surface area contributed by atoms with Crippen LogP contribution in [0.25, 0.3) is 0 Å². The summed E-state index contributed by atoms with van der Waals surface area (Å²) in [6.45, 7) is 6.38. The van der Waals surface area contributed by atoms with Gasteiger partial charge in [0, 0.05) is 33.8 Å². The molecule has 1 aliphatic heterocycles. The van der Waals surface area contributed by atoms with E-state index in [1.807, 2.05) is 56.3 Å². The molecule has 1 N–H and O–H groups in total. The van der Waals surface area contributed by atoms with Crippen LogP contribution in [0.4, 0.5) is 5.69 Å². The number of benzene rings is 2. The Balaban J connectivity index is 1.50. The summed E-state index contributed by atoms with van der Waals surface area (Å²) in [7, 11) is 0. The first-order valence-corrected chi connectivity index (χ1v) is 10.4. The lowest BCUT2D eigenvalue weighted by molar-refractivity contribution is -0.121. The van der Waals surface area contributed by atoms with Crippen LogP contribution in [-0.4, -0.2) is 30.0 Å². The van der Waals surface area contributed by atoms with Gasteiger partial charge in [-0.2, -0.15) is 0 Å². The largest absolute Gasteiger partial charge is 0.491 e. The van der Waals surface area contributed by atoms with Gasteiger partial charge in [-0.05, 0) is 76.2 Å². The Morgan fingerprint density at radius 2 is 1.71 bits per heavy atom. The quantitative estimate of drug-likeness (QED) is 0.657. The molecule has 2 aromatic carbocycles. The van der Waals surface area contributed by atoms with Crippen LogP contribution < -0.4 is 10.1 Å². The molecule has 1 fully saturated rings. The average Bonchev–Trinajstić information content (AvgIpc) is 2.66. The van der Waals surface area contributed by atoms with Crippen LogP contribution in [-0.2, 0) is 11.3 Å². The van der Waals surface area contributed by atoms with Gasteiger partial charge in [0.2, 0.25) is 5.91 Å². The highest BCUT2D eigenvalue weighted by atomic mass is 35.5. The van der Waals surface area contributed by atoms with Gasteiger partial charge >= 0.3 is 0 Å². The van der Waals surface area contributed by atoms with E-state index in [4.69, 9.17) is 27.9 Å². The fraction of sp³-hybridized carbons (Fsp3) is 0.409. The molecule has 0 saturated carbocycles. The molecular weight excluding hydrogens is 395 g/mol. The molecule has 0 atom stereocenters. The second-order valence-electron chi connectivity index (χ2n) is 7.43. The lowest BCUT2D eigenvalue weighted by Gasteiger charge is -2.31. The minimum absolute atomic E-state index is 0.0181. The molecule has 0 aliphatic carbocycles. The van der Waals surface area contributed by atoms with E-state index in [0.29, 0.717) is 16.6 Å². The van der Waals surface area contributed by atoms with Crippen molar-refractivity contribution in [2.45, 2.75) is 39.3 Å². The molecule has 1 saturated heterocycles. The summed E-state index contributed by atoms with van der Waals surface area (Å²) >= 11 is 12.5. The van der Waals surface area contributed by atoms with Crippen LogP contribution in [0.2, 0.25) is 10.0 Å². The molecule has 0 spiro atoms. The highest BCUT2D eigenvalue weighted by Crippen LogP contribution is 2.28. The number of piperidine rings is 1. The minimum Gasteiger partial charge on any atom is -0.491 e. The molecule has 0 radical (unpaired) electrons. The molecular formula is C22H26Cl2N2O2. The van der Waals surface area contributed by atoms with E-state index in [1.54, 1.807) is 0 Å². The molecule has 1 aliphatic rings. The van der Waals surface area contributed by atoms with Crippen molar-refractivity contribution in [2.75, 3.05) is 18.4 Å². The van der Waals surface area contributed by atoms with Crippen molar-refractivity contribution in [3.63, 3.8) is 0 Å². The van der Waals surface area contributed by atoms with Crippen molar-refractivity contribution in [3.8, 4) is 5.75 Å². The smallest absolute Gasteiger partial charge is 0.227 e. The maximum Gasteiger partial charge on any atom is 0.227 e. The normalized spacial score (nSPS) is 15.6. The number of ether oxygens (including phenoxy) is 1. The highest BCUT2D eigenvalue weighted by molar-refractivity contribution is 6.35. The third-order valence-corrected chi connectivity index (χ3v) is 5.60. The maximum atomic E-state index is 12.6. The molecule has 0 aromatic heterocycles. The van der Waals surface area contributed by atoms with E-state index in [0.717, 1.165) is 42.9 Å². The van der Waals surface area contributed by atoms with E-state index in [9.17, 15) is 4.79 Å². The number of hydrogen-bond donors (Lipinski definition) is 1. The number of rotatable bonds is 6. The van der Waals surface area contributed by atoms with E-state index in [-0.39, 0.29) is 17.9 Å². The third-order valence-electron chi connectivity index (χ3n) is 4.90. The van der Waals surface area contributed by atoms with Gasteiger partial charge in [-0.15, -0.1) is 0 Å². The summed E-state index contributed by atoms with van der Waals surface area (Å²) < 4.78 is 5.63. The Morgan fingerprint density at radius 3 is 2.29 bits per heavy atom. The van der Waals surface area contributed by atoms with Crippen LogP contribution in [0, 0.1) is 5.92 Å². The molecule has 28 heavy (non-hydrogen) atoms. The summed E-state index contributed by atoms with van der Waals surface area (Å²) in [4.78, 5) is 14.9. The van der Waals surface area contributed by atoms with Gasteiger partial charge in [0.15, 0.2) is 0 Å². The number of carbonyl (C=O) groups is 1. The molecule has 4 nitrogen and oxygen atoms in total. The zero-order valence-electron chi connectivity index (χ0n) is 16.3. The fourth-order valence-corrected chi connectivity index (χ4v) is 3.91. The fourth-order valence-electron chi connectivity index (χ4n) is 3.39. The summed E-state index contributed by atoms with van der Waals surface area (Å²) in [5, 5.41) is 4.40. The Hall–Kier alpha value is -1.75. The standard InChI is InChI=1S/C22H26Cl2N2O2/c1-15(2)28-18-8-6-17(7-9-18)25-22(27)16-10-12-26(13-11-16)14-19-20(23)4-3-5-21(19)24/h3-9,15-16H,10-14H2,1-2H3,(H,25,27). The van der Waals surface area contributed by atoms with Gasteiger partial charge in [0.05, 0.1) is 6.10 Å². The van der Waals surface area contributed by atoms with Crippen molar-refractivity contribution in [2.24, 2.45) is 5.92 Å². The maximum absolute atomic E-state index is 12.6. The Kier molecular flexibility index (Phi) is 7.22. The van der Waals surface area contributed by atoms with E-state index >= 15 is 0 Å². The van der Waals surface area contributed by atoms with Gasteiger partial charge in [-0.3, -0.25) is 9.69 Å². The first-order valence-electron chi connectivity index (χ1n) is 9.65. The lowest BCUT2D eigenvalue weighted by Crippen LogP contribution is -2.37. The number of halogens is 2. The first kappa shape index (κ1) is 21.0. The predicted octanol–water partition coefficient (Wildman–Crippen LogP) is 5.63. The van der Waals surface area contributed by atoms with Gasteiger partial charge in [-0.25, -0.2) is 0 Å². The Labute approximate surface area is 176 Å². The zero-order chi connectivity index (χ0) is 20.1. The van der Waals surface area contributed by atoms with Gasteiger partial charge in [-0.1, -0.05) is 29.3 Å². The van der Waals surface area contributed by atoms with Crippen molar-refractivity contribution in [1.29, 1.82) is 0 Å². The van der Waals surface area contributed by atoms with Crippen molar-refractivity contribution in [1.82, 2.24) is 4.90 Å². The van der Waals surface area contributed by atoms with Crippen LogP contribution in [0.3, 0.4) is 0 Å². The molecule has 150 valence electrons. The predicted molar refractivity (Wildman–Crippen MR) is 115 cm³/mol. The summed E-state index contributed by atoms with van der Waals surface area (Å²) in [6, 6.07) is 13.1. The zero-order valence-corrected chi connectivity index (χ0v) is 17.8. The molecule has 3 rings (SSSR count). The molecule has 2 aromatic rings. The lowest BCUT2D eigenvalue weighted by atomic mass is 9.95. The summed E-state index contributed by atoms with van der Waals surface area (Å²) in [5.41, 5.74) is 1.75. The number of nitrogens with one attached hydrogen (secondary N) is 1. The third kappa shape index (κ3) is 5.63. The second-order valence-corrected chi connectivity index (χ2v) is 8.25. The van der Waals surface area contributed by atoms with Crippen molar-refractivity contribution < 1.29 is 9.53 Å². The van der Waals surface area contributed by atoms with Crippen molar-refractivity contribution >= 4 is 34.8 Å². The number of likely N-dealkylation sites (tertiary alicyclic amines) is 1. The molecule has 6 heteroatoms.